The lowest BCUT2D eigenvalue weighted by Crippen LogP contribution is -2.38. The van der Waals surface area contributed by atoms with Crippen molar-refractivity contribution in [2.75, 3.05) is 10.6 Å². The number of aromatic nitrogens is 4. The van der Waals surface area contributed by atoms with Crippen molar-refractivity contribution in [3.63, 3.8) is 0 Å². The van der Waals surface area contributed by atoms with Crippen molar-refractivity contribution >= 4 is 57.9 Å². The molecule has 0 radical (unpaired) electrons. The molecular formula is C25H30Cl2FN7O2. The third kappa shape index (κ3) is 5.32. The molecular weight excluding hydrogens is 520 g/mol. The van der Waals surface area contributed by atoms with Crippen LogP contribution in [0.1, 0.15) is 64.3 Å². The molecule has 37 heavy (non-hydrogen) atoms. The second-order valence-corrected chi connectivity index (χ2v) is 11.2. The Bertz CT molecular complexity index is 1300. The van der Waals surface area contributed by atoms with Crippen molar-refractivity contribution in [3.05, 3.63) is 34.2 Å². The Morgan fingerprint density at radius 1 is 1.19 bits per heavy atom. The summed E-state index contributed by atoms with van der Waals surface area (Å²) in [6.45, 7) is 1.90. The van der Waals surface area contributed by atoms with E-state index in [9.17, 15) is 14.3 Å². The van der Waals surface area contributed by atoms with Crippen molar-refractivity contribution in [2.24, 2.45) is 11.1 Å². The van der Waals surface area contributed by atoms with Gasteiger partial charge in [0.25, 0.3) is 0 Å². The Morgan fingerprint density at radius 2 is 1.89 bits per heavy atom. The van der Waals surface area contributed by atoms with Crippen LogP contribution in [0.4, 0.5) is 22.0 Å². The van der Waals surface area contributed by atoms with Gasteiger partial charge in [-0.3, -0.25) is 9.36 Å². The van der Waals surface area contributed by atoms with Crippen molar-refractivity contribution in [1.29, 1.82) is 0 Å². The van der Waals surface area contributed by atoms with Crippen LogP contribution in [0.15, 0.2) is 18.3 Å². The predicted octanol–water partition coefficient (Wildman–Crippen LogP) is 5.34. The molecule has 2 heterocycles. The summed E-state index contributed by atoms with van der Waals surface area (Å²) in [4.78, 5) is 26.0. The van der Waals surface area contributed by atoms with E-state index in [-0.39, 0.29) is 34.1 Å². The third-order valence-electron chi connectivity index (χ3n) is 7.67. The number of fused-ring (bicyclic) bond motifs is 1. The molecule has 9 nitrogen and oxygen atoms in total. The van der Waals surface area contributed by atoms with E-state index in [1.54, 1.807) is 6.20 Å². The smallest absolute Gasteiger partial charge is 0.224 e. The van der Waals surface area contributed by atoms with Crippen molar-refractivity contribution in [2.45, 2.75) is 76.5 Å². The summed E-state index contributed by atoms with van der Waals surface area (Å²) >= 11 is 12.6. The molecule has 198 valence electrons. The number of nitrogens with one attached hydrogen (secondary N) is 2. The highest BCUT2D eigenvalue weighted by molar-refractivity contribution is 6.39. The van der Waals surface area contributed by atoms with Crippen LogP contribution in [0.5, 0.6) is 0 Å². The third-order valence-corrected chi connectivity index (χ3v) is 8.27. The summed E-state index contributed by atoms with van der Waals surface area (Å²) in [6, 6.07) is 2.42. The number of aliphatic hydroxyl groups excluding tert-OH is 1. The molecule has 0 unspecified atom stereocenters. The Kier molecular flexibility index (Phi) is 7.17. The zero-order valence-electron chi connectivity index (χ0n) is 20.5. The highest BCUT2D eigenvalue weighted by atomic mass is 35.5. The fourth-order valence-corrected chi connectivity index (χ4v) is 5.94. The van der Waals surface area contributed by atoms with E-state index in [1.807, 2.05) is 11.5 Å². The number of imidazole rings is 1. The predicted molar refractivity (Wildman–Crippen MR) is 142 cm³/mol. The lowest BCUT2D eigenvalue weighted by molar-refractivity contribution is -0.128. The van der Waals surface area contributed by atoms with E-state index < -0.39 is 11.2 Å². The Balaban J connectivity index is 1.52. The number of benzene rings is 1. The molecule has 3 aromatic rings. The summed E-state index contributed by atoms with van der Waals surface area (Å²) in [5.74, 6) is 0.0576. The van der Waals surface area contributed by atoms with E-state index in [2.05, 4.69) is 15.6 Å². The summed E-state index contributed by atoms with van der Waals surface area (Å²) in [5, 5.41) is 16.8. The summed E-state index contributed by atoms with van der Waals surface area (Å²) < 4.78 is 15.8. The topological polar surface area (TPSA) is 131 Å². The standard InChI is InChI=1S/C25H30Cl2FN7O2/c1-25(22(29)37)7-5-15(6-8-25)35-21-19(12-30-23(34-21)31-14-3-2-4-16(36)11-14)32-24(35)33-20-17(26)9-13(28)10-18(20)27/h9-10,12,14-16,36H,2-8,11H2,1H3,(H2,29,37)(H,32,33)(H,30,31,34)/t14-,15?,16-,25?/m1/s1. The van der Waals surface area contributed by atoms with Gasteiger partial charge in [0.2, 0.25) is 17.8 Å². The molecule has 1 amide bonds. The highest BCUT2D eigenvalue weighted by Crippen LogP contribution is 2.43. The number of carbonyl (C=O) groups excluding carboxylic acids is 1. The molecule has 0 saturated heterocycles. The first-order valence-electron chi connectivity index (χ1n) is 12.5. The maximum atomic E-state index is 13.8. The van der Waals surface area contributed by atoms with E-state index in [1.165, 1.54) is 12.1 Å². The number of hydrogen-bond acceptors (Lipinski definition) is 7. The maximum Gasteiger partial charge on any atom is 0.224 e. The van der Waals surface area contributed by atoms with Gasteiger partial charge in [0.1, 0.15) is 11.3 Å². The Morgan fingerprint density at radius 3 is 2.54 bits per heavy atom. The molecule has 2 aromatic heterocycles. The number of rotatable bonds is 6. The number of nitrogens with zero attached hydrogens (tertiary/aromatic N) is 4. The summed E-state index contributed by atoms with van der Waals surface area (Å²) in [7, 11) is 0. The summed E-state index contributed by atoms with van der Waals surface area (Å²) in [5.41, 5.74) is 6.62. The van der Waals surface area contributed by atoms with Crippen molar-refractivity contribution in [3.8, 4) is 0 Å². The van der Waals surface area contributed by atoms with Crippen LogP contribution in [-0.2, 0) is 4.79 Å². The molecule has 2 atom stereocenters. The van der Waals surface area contributed by atoms with Crippen LogP contribution in [0, 0.1) is 11.2 Å². The molecule has 2 fully saturated rings. The van der Waals surface area contributed by atoms with E-state index >= 15 is 0 Å². The average molecular weight is 550 g/mol. The fourth-order valence-electron chi connectivity index (χ4n) is 5.39. The molecule has 5 N–H and O–H groups in total. The van der Waals surface area contributed by atoms with Gasteiger partial charge >= 0.3 is 0 Å². The lowest BCUT2D eigenvalue weighted by atomic mass is 9.73. The normalized spacial score (nSPS) is 26.2. The number of amides is 1. The van der Waals surface area contributed by atoms with Gasteiger partial charge in [0.15, 0.2) is 5.65 Å². The first kappa shape index (κ1) is 25.9. The Labute approximate surface area is 224 Å². The fraction of sp³-hybridized carbons (Fsp3) is 0.520. The minimum atomic E-state index is -0.562. The van der Waals surface area contributed by atoms with Gasteiger partial charge < -0.3 is 21.5 Å². The molecule has 2 aliphatic rings. The van der Waals surface area contributed by atoms with Gasteiger partial charge in [-0.2, -0.15) is 4.98 Å². The van der Waals surface area contributed by atoms with Gasteiger partial charge in [-0.25, -0.2) is 14.4 Å². The van der Waals surface area contributed by atoms with Gasteiger partial charge in [0, 0.05) is 17.5 Å². The second-order valence-electron chi connectivity index (χ2n) is 10.4. The summed E-state index contributed by atoms with van der Waals surface area (Å²) in [6.07, 6.45) is 7.26. The molecule has 2 aliphatic carbocycles. The van der Waals surface area contributed by atoms with Crippen LogP contribution < -0.4 is 16.4 Å². The first-order chi connectivity index (χ1) is 17.6. The van der Waals surface area contributed by atoms with E-state index in [0.717, 1.165) is 19.3 Å². The number of aliphatic hydroxyl groups is 1. The molecule has 5 rings (SSSR count). The number of carbonyl (C=O) groups is 1. The van der Waals surface area contributed by atoms with Crippen LogP contribution in [0.25, 0.3) is 11.2 Å². The number of primary amides is 1. The SMILES string of the molecule is CC1(C(N)=O)CCC(n2c(Nc3c(Cl)cc(F)cc3Cl)nc3cnc(N[C@@H]4CCC[C@@H](O)C4)nc32)CC1. The van der Waals surface area contributed by atoms with Crippen molar-refractivity contribution in [1.82, 2.24) is 19.5 Å². The van der Waals surface area contributed by atoms with Crippen LogP contribution in [-0.4, -0.2) is 42.7 Å². The quantitative estimate of drug-likeness (QED) is 0.326. The number of anilines is 3. The largest absolute Gasteiger partial charge is 0.393 e. The van der Waals surface area contributed by atoms with Gasteiger partial charge in [-0.1, -0.05) is 30.1 Å². The minimum Gasteiger partial charge on any atom is -0.393 e. The van der Waals surface area contributed by atoms with Crippen LogP contribution in [0.2, 0.25) is 10.0 Å². The van der Waals surface area contributed by atoms with Crippen molar-refractivity contribution < 1.29 is 14.3 Å². The first-order valence-corrected chi connectivity index (χ1v) is 13.3. The maximum absolute atomic E-state index is 13.8. The molecule has 2 saturated carbocycles. The zero-order chi connectivity index (χ0) is 26.3. The second kappa shape index (κ2) is 10.2. The molecule has 12 heteroatoms. The molecule has 1 aromatic carbocycles. The minimum absolute atomic E-state index is 0.0304. The lowest BCUT2D eigenvalue weighted by Gasteiger charge is -2.35. The van der Waals surface area contributed by atoms with Gasteiger partial charge in [-0.05, 0) is 63.5 Å². The molecule has 0 bridgehead atoms. The van der Waals surface area contributed by atoms with Crippen LogP contribution in [0.3, 0.4) is 0 Å². The molecule has 0 spiro atoms. The van der Waals surface area contributed by atoms with Gasteiger partial charge in [0.05, 0.1) is 28.0 Å². The van der Waals surface area contributed by atoms with Crippen LogP contribution >= 0.6 is 23.2 Å². The Hall–Kier alpha value is -2.69. The van der Waals surface area contributed by atoms with Gasteiger partial charge in [-0.15, -0.1) is 0 Å². The highest BCUT2D eigenvalue weighted by Gasteiger charge is 2.38. The van der Waals surface area contributed by atoms with E-state index in [0.29, 0.717) is 60.9 Å². The van der Waals surface area contributed by atoms with E-state index in [4.69, 9.17) is 38.9 Å². The zero-order valence-corrected chi connectivity index (χ0v) is 22.0. The number of halogens is 3. The average Bonchev–Trinajstić information content (AvgIpc) is 3.19. The molecule has 0 aliphatic heterocycles. The number of nitrogens with two attached hydrogens (primary N) is 1. The number of hydrogen-bond donors (Lipinski definition) is 4. The monoisotopic (exact) mass is 549 g/mol.